The number of hydrogen-bond acceptors (Lipinski definition) is 5. The molecule has 0 saturated carbocycles. The number of nitrogens with two attached hydrogens (primary N) is 1. The average Bonchev–Trinajstić information content (AvgIpc) is 2.84. The number of carbonyl (C=O) groups is 1. The fourth-order valence-corrected chi connectivity index (χ4v) is 2.99. The molecule has 0 aliphatic heterocycles. The number of hydrogen-bond donors (Lipinski definition) is 1. The van der Waals surface area contributed by atoms with Crippen LogP contribution in [0.1, 0.15) is 9.67 Å². The van der Waals surface area contributed by atoms with Crippen LogP contribution in [0.3, 0.4) is 0 Å². The van der Waals surface area contributed by atoms with E-state index < -0.39 is 5.82 Å². The second kappa shape index (κ2) is 5.10. The predicted molar refractivity (Wildman–Crippen MR) is 81.0 cm³/mol. The number of benzene rings is 1. The van der Waals surface area contributed by atoms with Gasteiger partial charge in [0.25, 0.3) is 5.91 Å². The Bertz CT molecular complexity index is 833. The smallest absolute Gasteiger partial charge is 0.270 e. The summed E-state index contributed by atoms with van der Waals surface area (Å²) in [6, 6.07) is 6.07. The van der Waals surface area contributed by atoms with E-state index in [1.165, 1.54) is 36.5 Å². The molecular weight excluding hydrogens is 291 g/mol. The number of nitrogen functional groups attached to an aromatic ring is 1. The first-order chi connectivity index (χ1) is 10.1. The number of carbonyl (C=O) groups excluding carboxylic acids is 1. The van der Waals surface area contributed by atoms with Crippen molar-refractivity contribution in [2.24, 2.45) is 0 Å². The minimum absolute atomic E-state index is 0.195. The van der Waals surface area contributed by atoms with Gasteiger partial charge in [0, 0.05) is 19.4 Å². The molecule has 3 rings (SSSR count). The van der Waals surface area contributed by atoms with Crippen LogP contribution >= 0.6 is 11.3 Å². The minimum atomic E-state index is -0.468. The van der Waals surface area contributed by atoms with Crippen LogP contribution in [-0.2, 0) is 0 Å². The summed E-state index contributed by atoms with van der Waals surface area (Å²) in [5.41, 5.74) is 6.92. The molecule has 2 aromatic heterocycles. The lowest BCUT2D eigenvalue weighted by atomic mass is 10.2. The van der Waals surface area contributed by atoms with Crippen molar-refractivity contribution in [1.82, 2.24) is 9.97 Å². The Kier molecular flexibility index (Phi) is 3.26. The maximum Gasteiger partial charge on any atom is 0.270 e. The van der Waals surface area contributed by atoms with Gasteiger partial charge in [-0.05, 0) is 12.1 Å². The maximum absolute atomic E-state index is 13.8. The fourth-order valence-electron chi connectivity index (χ4n) is 1.99. The number of fused-ring (bicyclic) bond motifs is 1. The molecule has 0 spiro atoms. The standard InChI is InChI=1S/C14H11FN4OS/c1-19(9-5-3-2-4-8(9)15)14(20)12-10(16)11-13(21-12)18-7-6-17-11/h2-7H,16H2,1H3. The molecule has 0 fully saturated rings. The van der Waals surface area contributed by atoms with E-state index >= 15 is 0 Å². The third kappa shape index (κ3) is 2.21. The van der Waals surface area contributed by atoms with Crippen molar-refractivity contribution in [2.75, 3.05) is 17.7 Å². The van der Waals surface area contributed by atoms with Gasteiger partial charge in [-0.15, -0.1) is 11.3 Å². The van der Waals surface area contributed by atoms with Crippen molar-refractivity contribution in [3.63, 3.8) is 0 Å². The molecule has 0 aliphatic carbocycles. The van der Waals surface area contributed by atoms with Crippen molar-refractivity contribution < 1.29 is 9.18 Å². The quantitative estimate of drug-likeness (QED) is 0.790. The SMILES string of the molecule is CN(C(=O)c1sc2nccnc2c1N)c1ccccc1F. The van der Waals surface area contributed by atoms with E-state index in [-0.39, 0.29) is 17.3 Å². The van der Waals surface area contributed by atoms with Gasteiger partial charge < -0.3 is 10.6 Å². The summed E-state index contributed by atoms with van der Waals surface area (Å²) in [7, 11) is 1.51. The highest BCUT2D eigenvalue weighted by atomic mass is 32.1. The van der Waals surface area contributed by atoms with Gasteiger partial charge in [-0.2, -0.15) is 0 Å². The molecule has 2 heterocycles. The topological polar surface area (TPSA) is 72.1 Å². The van der Waals surface area contributed by atoms with Crippen molar-refractivity contribution in [1.29, 1.82) is 0 Å². The molecule has 106 valence electrons. The Morgan fingerprint density at radius 3 is 2.71 bits per heavy atom. The number of aromatic nitrogens is 2. The zero-order valence-electron chi connectivity index (χ0n) is 11.1. The lowest BCUT2D eigenvalue weighted by Gasteiger charge is -2.17. The Hall–Kier alpha value is -2.54. The highest BCUT2D eigenvalue weighted by Gasteiger charge is 2.23. The number of para-hydroxylation sites is 1. The van der Waals surface area contributed by atoms with Crippen LogP contribution in [0.5, 0.6) is 0 Å². The van der Waals surface area contributed by atoms with E-state index in [9.17, 15) is 9.18 Å². The zero-order valence-corrected chi connectivity index (χ0v) is 11.9. The third-order valence-corrected chi connectivity index (χ3v) is 4.17. The van der Waals surface area contributed by atoms with E-state index in [0.29, 0.717) is 15.2 Å². The molecule has 5 nitrogen and oxygen atoms in total. The van der Waals surface area contributed by atoms with Crippen molar-refractivity contribution >= 4 is 39.0 Å². The summed E-state index contributed by atoms with van der Waals surface area (Å²) in [6.07, 6.45) is 3.05. The predicted octanol–water partition coefficient (Wildman–Crippen LogP) is 2.69. The number of thiophene rings is 1. The van der Waals surface area contributed by atoms with Crippen LogP contribution in [0, 0.1) is 5.82 Å². The van der Waals surface area contributed by atoms with Crippen LogP contribution in [0.15, 0.2) is 36.7 Å². The largest absolute Gasteiger partial charge is 0.396 e. The second-order valence-electron chi connectivity index (χ2n) is 4.37. The van der Waals surface area contributed by atoms with Crippen molar-refractivity contribution in [3.8, 4) is 0 Å². The number of nitrogens with zero attached hydrogens (tertiary/aromatic N) is 3. The molecule has 0 bridgehead atoms. The van der Waals surface area contributed by atoms with Gasteiger partial charge >= 0.3 is 0 Å². The molecule has 0 aliphatic rings. The molecule has 0 unspecified atom stereocenters. The zero-order chi connectivity index (χ0) is 15.0. The first-order valence-electron chi connectivity index (χ1n) is 6.11. The highest BCUT2D eigenvalue weighted by Crippen LogP contribution is 2.32. The molecule has 1 aromatic carbocycles. The van der Waals surface area contributed by atoms with E-state index in [0.717, 1.165) is 11.3 Å². The lowest BCUT2D eigenvalue weighted by molar-refractivity contribution is 0.0997. The maximum atomic E-state index is 13.8. The van der Waals surface area contributed by atoms with Gasteiger partial charge in [-0.1, -0.05) is 12.1 Å². The molecule has 0 saturated heterocycles. The number of amides is 1. The van der Waals surface area contributed by atoms with Crippen LogP contribution in [0.2, 0.25) is 0 Å². The summed E-state index contributed by atoms with van der Waals surface area (Å²) in [5.74, 6) is -0.855. The highest BCUT2D eigenvalue weighted by molar-refractivity contribution is 7.21. The summed E-state index contributed by atoms with van der Waals surface area (Å²) in [4.78, 5) is 22.9. The summed E-state index contributed by atoms with van der Waals surface area (Å²) in [6.45, 7) is 0. The normalized spacial score (nSPS) is 10.8. The van der Waals surface area contributed by atoms with Gasteiger partial charge in [0.05, 0.1) is 11.4 Å². The molecule has 7 heteroatoms. The van der Waals surface area contributed by atoms with Crippen LogP contribution in [-0.4, -0.2) is 22.9 Å². The van der Waals surface area contributed by atoms with Crippen LogP contribution in [0.4, 0.5) is 15.8 Å². The monoisotopic (exact) mass is 302 g/mol. The van der Waals surface area contributed by atoms with Crippen LogP contribution in [0.25, 0.3) is 10.3 Å². The van der Waals surface area contributed by atoms with Gasteiger partial charge in [0.15, 0.2) is 0 Å². The number of halogens is 1. The Labute approximate surface area is 123 Å². The van der Waals surface area contributed by atoms with E-state index in [2.05, 4.69) is 9.97 Å². The Balaban J connectivity index is 2.04. The minimum Gasteiger partial charge on any atom is -0.396 e. The van der Waals surface area contributed by atoms with E-state index in [1.54, 1.807) is 12.1 Å². The van der Waals surface area contributed by atoms with Crippen molar-refractivity contribution in [3.05, 3.63) is 47.4 Å². The molecule has 0 radical (unpaired) electrons. The molecule has 1 amide bonds. The summed E-state index contributed by atoms with van der Waals surface area (Å²) in [5, 5.41) is 0. The van der Waals surface area contributed by atoms with Crippen molar-refractivity contribution in [2.45, 2.75) is 0 Å². The first-order valence-corrected chi connectivity index (χ1v) is 6.93. The molecule has 3 aromatic rings. The van der Waals surface area contributed by atoms with E-state index in [1.807, 2.05) is 0 Å². The summed E-state index contributed by atoms with van der Waals surface area (Å²) < 4.78 is 13.8. The summed E-state index contributed by atoms with van der Waals surface area (Å²) >= 11 is 1.15. The number of anilines is 2. The fraction of sp³-hybridized carbons (Fsp3) is 0.0714. The van der Waals surface area contributed by atoms with Gasteiger partial charge in [-0.3, -0.25) is 4.79 Å². The van der Waals surface area contributed by atoms with E-state index in [4.69, 9.17) is 5.73 Å². The molecule has 21 heavy (non-hydrogen) atoms. The van der Waals surface area contributed by atoms with Gasteiger partial charge in [0.1, 0.15) is 21.0 Å². The van der Waals surface area contributed by atoms with Crippen LogP contribution < -0.4 is 10.6 Å². The first kappa shape index (κ1) is 13.4. The lowest BCUT2D eigenvalue weighted by Crippen LogP contribution is -2.26. The molecule has 0 atom stereocenters. The Morgan fingerprint density at radius 2 is 2.00 bits per heavy atom. The third-order valence-electron chi connectivity index (χ3n) is 3.08. The number of rotatable bonds is 2. The molecule has 2 N–H and O–H groups in total. The Morgan fingerprint density at radius 1 is 1.29 bits per heavy atom. The average molecular weight is 302 g/mol. The van der Waals surface area contributed by atoms with Gasteiger partial charge in [0.2, 0.25) is 0 Å². The second-order valence-corrected chi connectivity index (χ2v) is 5.37. The van der Waals surface area contributed by atoms with Gasteiger partial charge in [-0.25, -0.2) is 14.4 Å². The molecular formula is C14H11FN4OS.